The molecule has 114 valence electrons. The van der Waals surface area contributed by atoms with Crippen LogP contribution in [0.1, 0.15) is 37.7 Å². The lowest BCUT2D eigenvalue weighted by molar-refractivity contribution is -0.137. The van der Waals surface area contributed by atoms with E-state index >= 15 is 0 Å². The zero-order valence-electron chi connectivity index (χ0n) is 12.0. The van der Waals surface area contributed by atoms with Crippen LogP contribution in [0.4, 0.5) is 13.2 Å². The third-order valence-corrected chi connectivity index (χ3v) is 3.33. The number of aromatic nitrogens is 3. The number of alkyl halides is 3. The second-order valence-corrected chi connectivity index (χ2v) is 6.21. The molecular formula is C14H16F3N3S. The molecule has 0 saturated heterocycles. The van der Waals surface area contributed by atoms with Crippen LogP contribution in [0.25, 0.3) is 0 Å². The van der Waals surface area contributed by atoms with Gasteiger partial charge in [-0.2, -0.15) is 18.3 Å². The Morgan fingerprint density at radius 2 is 1.71 bits per heavy atom. The highest BCUT2D eigenvalue weighted by molar-refractivity contribution is 7.71. The molecule has 0 aliphatic rings. The minimum absolute atomic E-state index is 0.245. The maximum atomic E-state index is 12.5. The SMILES string of the molecule is CC(C)(C)n1c(Cc2ccc(C(F)(F)F)cc2)n[nH]c1=S. The summed E-state index contributed by atoms with van der Waals surface area (Å²) in [6.07, 6.45) is -3.90. The van der Waals surface area contributed by atoms with Crippen molar-refractivity contribution in [3.63, 3.8) is 0 Å². The minimum atomic E-state index is -4.32. The summed E-state index contributed by atoms with van der Waals surface area (Å²) in [4.78, 5) is 0. The number of nitrogens with zero attached hydrogens (tertiary/aromatic N) is 2. The van der Waals surface area contributed by atoms with E-state index in [9.17, 15) is 13.2 Å². The Kier molecular flexibility index (Phi) is 3.97. The van der Waals surface area contributed by atoms with Gasteiger partial charge in [-0.15, -0.1) is 0 Å². The third kappa shape index (κ3) is 3.53. The average molecular weight is 315 g/mol. The number of hydrogen-bond donors (Lipinski definition) is 1. The molecule has 0 aliphatic carbocycles. The number of rotatable bonds is 2. The maximum absolute atomic E-state index is 12.5. The predicted molar refractivity (Wildman–Crippen MR) is 76.7 cm³/mol. The summed E-state index contributed by atoms with van der Waals surface area (Å²) in [7, 11) is 0. The number of benzene rings is 1. The molecule has 0 radical (unpaired) electrons. The lowest BCUT2D eigenvalue weighted by Gasteiger charge is -2.22. The lowest BCUT2D eigenvalue weighted by Crippen LogP contribution is -2.24. The van der Waals surface area contributed by atoms with E-state index in [2.05, 4.69) is 10.2 Å². The third-order valence-electron chi connectivity index (χ3n) is 3.06. The molecule has 0 fully saturated rings. The van der Waals surface area contributed by atoms with Crippen LogP contribution >= 0.6 is 12.2 Å². The monoisotopic (exact) mass is 315 g/mol. The fourth-order valence-electron chi connectivity index (χ4n) is 2.13. The first-order chi connectivity index (χ1) is 9.59. The molecule has 7 heteroatoms. The first kappa shape index (κ1) is 15.8. The van der Waals surface area contributed by atoms with E-state index in [0.29, 0.717) is 17.0 Å². The van der Waals surface area contributed by atoms with Crippen LogP contribution in [-0.2, 0) is 18.1 Å². The molecule has 0 saturated carbocycles. The van der Waals surface area contributed by atoms with Crippen LogP contribution < -0.4 is 0 Å². The second-order valence-electron chi connectivity index (χ2n) is 5.82. The quantitative estimate of drug-likeness (QED) is 0.838. The summed E-state index contributed by atoms with van der Waals surface area (Å²) in [6.45, 7) is 5.98. The molecule has 0 bridgehead atoms. The van der Waals surface area contributed by atoms with Gasteiger partial charge in [0.05, 0.1) is 5.56 Å². The molecule has 1 N–H and O–H groups in total. The molecule has 1 aromatic carbocycles. The van der Waals surface area contributed by atoms with Crippen LogP contribution in [0, 0.1) is 4.77 Å². The van der Waals surface area contributed by atoms with Gasteiger partial charge in [-0.1, -0.05) is 12.1 Å². The van der Waals surface area contributed by atoms with Gasteiger partial charge in [-0.3, -0.25) is 9.67 Å². The van der Waals surface area contributed by atoms with Gasteiger partial charge in [0.15, 0.2) is 4.77 Å². The van der Waals surface area contributed by atoms with Gasteiger partial charge in [0.2, 0.25) is 0 Å². The summed E-state index contributed by atoms with van der Waals surface area (Å²) < 4.78 is 40.0. The van der Waals surface area contributed by atoms with Crippen molar-refractivity contribution < 1.29 is 13.2 Å². The summed E-state index contributed by atoms with van der Waals surface area (Å²) >= 11 is 5.20. The Bertz CT molecular complexity index is 675. The summed E-state index contributed by atoms with van der Waals surface area (Å²) in [6, 6.07) is 5.09. The molecule has 21 heavy (non-hydrogen) atoms. The van der Waals surface area contributed by atoms with Gasteiger partial charge in [0, 0.05) is 12.0 Å². The lowest BCUT2D eigenvalue weighted by atomic mass is 10.1. The van der Waals surface area contributed by atoms with E-state index in [1.807, 2.05) is 25.3 Å². The second kappa shape index (κ2) is 5.29. The van der Waals surface area contributed by atoms with E-state index in [4.69, 9.17) is 12.2 Å². The van der Waals surface area contributed by atoms with Crippen LogP contribution in [0.15, 0.2) is 24.3 Å². The van der Waals surface area contributed by atoms with Crippen LogP contribution in [-0.4, -0.2) is 14.8 Å². The summed E-state index contributed by atoms with van der Waals surface area (Å²) in [5.41, 5.74) is -0.144. The summed E-state index contributed by atoms with van der Waals surface area (Å²) in [5, 5.41) is 6.91. The zero-order chi connectivity index (χ0) is 15.8. The Balaban J connectivity index is 2.30. The Morgan fingerprint density at radius 1 is 1.14 bits per heavy atom. The highest BCUT2D eigenvalue weighted by Gasteiger charge is 2.30. The molecule has 1 aromatic heterocycles. The van der Waals surface area contributed by atoms with Crippen molar-refractivity contribution in [3.05, 3.63) is 46.0 Å². The molecule has 0 amide bonds. The van der Waals surface area contributed by atoms with E-state index in [0.717, 1.165) is 17.7 Å². The summed E-state index contributed by atoms with van der Waals surface area (Å²) in [5.74, 6) is 0.701. The van der Waals surface area contributed by atoms with E-state index in [1.165, 1.54) is 12.1 Å². The Hall–Kier alpha value is -1.63. The van der Waals surface area contributed by atoms with Crippen molar-refractivity contribution in [2.75, 3.05) is 0 Å². The molecule has 1 heterocycles. The van der Waals surface area contributed by atoms with Crippen molar-refractivity contribution >= 4 is 12.2 Å². The minimum Gasteiger partial charge on any atom is -0.298 e. The molecule has 0 spiro atoms. The normalized spacial score (nSPS) is 12.7. The molecule has 0 unspecified atom stereocenters. The number of H-pyrrole nitrogens is 1. The van der Waals surface area contributed by atoms with Gasteiger partial charge in [-0.25, -0.2) is 0 Å². The van der Waals surface area contributed by atoms with Crippen molar-refractivity contribution in [3.8, 4) is 0 Å². The smallest absolute Gasteiger partial charge is 0.298 e. The van der Waals surface area contributed by atoms with Gasteiger partial charge in [0.1, 0.15) is 5.82 Å². The zero-order valence-corrected chi connectivity index (χ0v) is 12.8. The van der Waals surface area contributed by atoms with Crippen LogP contribution in [0.3, 0.4) is 0 Å². The van der Waals surface area contributed by atoms with Crippen molar-refractivity contribution in [2.45, 2.75) is 38.9 Å². The average Bonchev–Trinajstić information content (AvgIpc) is 2.69. The van der Waals surface area contributed by atoms with Crippen molar-refractivity contribution in [2.24, 2.45) is 0 Å². The van der Waals surface area contributed by atoms with Gasteiger partial charge in [-0.05, 0) is 50.7 Å². The van der Waals surface area contributed by atoms with Gasteiger partial charge >= 0.3 is 6.18 Å². The largest absolute Gasteiger partial charge is 0.416 e. The van der Waals surface area contributed by atoms with Crippen LogP contribution in [0.5, 0.6) is 0 Å². The first-order valence-corrected chi connectivity index (χ1v) is 6.83. The maximum Gasteiger partial charge on any atom is 0.416 e. The van der Waals surface area contributed by atoms with Crippen molar-refractivity contribution in [1.29, 1.82) is 0 Å². The highest BCUT2D eigenvalue weighted by atomic mass is 32.1. The number of nitrogens with one attached hydrogen (secondary N) is 1. The topological polar surface area (TPSA) is 33.6 Å². The Labute approximate surface area is 125 Å². The Morgan fingerprint density at radius 3 is 2.19 bits per heavy atom. The first-order valence-electron chi connectivity index (χ1n) is 6.42. The predicted octanol–water partition coefficient (Wildman–Crippen LogP) is 4.31. The van der Waals surface area contributed by atoms with E-state index < -0.39 is 11.7 Å². The molecule has 0 atom stereocenters. The van der Waals surface area contributed by atoms with Crippen LogP contribution in [0.2, 0.25) is 0 Å². The van der Waals surface area contributed by atoms with Crippen molar-refractivity contribution in [1.82, 2.24) is 14.8 Å². The highest BCUT2D eigenvalue weighted by Crippen LogP contribution is 2.29. The van der Waals surface area contributed by atoms with E-state index in [-0.39, 0.29) is 5.54 Å². The molecule has 2 aromatic rings. The van der Waals surface area contributed by atoms with E-state index in [1.54, 1.807) is 0 Å². The number of hydrogen-bond acceptors (Lipinski definition) is 2. The molecular weight excluding hydrogens is 299 g/mol. The number of halogens is 3. The number of aromatic amines is 1. The molecule has 2 rings (SSSR count). The van der Waals surface area contributed by atoms with Gasteiger partial charge in [0.25, 0.3) is 0 Å². The fraction of sp³-hybridized carbons (Fsp3) is 0.429. The fourth-order valence-corrected chi connectivity index (χ4v) is 2.56. The molecule has 3 nitrogen and oxygen atoms in total. The standard InChI is InChI=1S/C14H16F3N3S/c1-13(2,3)20-11(18-19-12(20)21)8-9-4-6-10(7-5-9)14(15,16)17/h4-7H,8H2,1-3H3,(H,19,21). The van der Waals surface area contributed by atoms with Gasteiger partial charge < -0.3 is 0 Å². The molecule has 0 aliphatic heterocycles.